The van der Waals surface area contributed by atoms with Crippen molar-refractivity contribution >= 4 is 11.6 Å². The van der Waals surface area contributed by atoms with E-state index in [0.29, 0.717) is 11.4 Å². The molecule has 2 heterocycles. The van der Waals surface area contributed by atoms with Crippen molar-refractivity contribution in [1.29, 1.82) is 0 Å². The van der Waals surface area contributed by atoms with Crippen LogP contribution in [0.2, 0.25) is 5.15 Å². The van der Waals surface area contributed by atoms with Crippen LogP contribution < -0.4 is 4.74 Å². The summed E-state index contributed by atoms with van der Waals surface area (Å²) in [6, 6.07) is 6.16. The molecule has 0 fully saturated rings. The lowest BCUT2D eigenvalue weighted by Crippen LogP contribution is -2.09. The van der Waals surface area contributed by atoms with Crippen molar-refractivity contribution in [3.8, 4) is 11.6 Å². The zero-order chi connectivity index (χ0) is 18.0. The van der Waals surface area contributed by atoms with Crippen LogP contribution in [0.1, 0.15) is 23.4 Å². The number of nitrogens with zero attached hydrogens (tertiary/aromatic N) is 5. The molecule has 0 amide bonds. The molecule has 0 N–H and O–H groups in total. The minimum atomic E-state index is -2.76. The van der Waals surface area contributed by atoms with Gasteiger partial charge >= 0.3 is 0 Å². The maximum absolute atomic E-state index is 14.2. The summed E-state index contributed by atoms with van der Waals surface area (Å²) in [4.78, 5) is 0. The van der Waals surface area contributed by atoms with Gasteiger partial charge in [0.25, 0.3) is 6.43 Å². The third-order valence-corrected chi connectivity index (χ3v) is 3.58. The molecular formula is C15H11ClF3N5O. The Labute approximate surface area is 145 Å². The SMILES string of the molecule is Cc1nnn(-c2ccc(C(F)F)cc2F)c1COc1ccc(Cl)nn1. The maximum Gasteiger partial charge on any atom is 0.263 e. The number of aryl methyl sites for hydroxylation is 1. The average molecular weight is 370 g/mol. The Morgan fingerprint density at radius 3 is 2.60 bits per heavy atom. The highest BCUT2D eigenvalue weighted by molar-refractivity contribution is 6.29. The first-order chi connectivity index (χ1) is 12.0. The first-order valence-corrected chi connectivity index (χ1v) is 7.44. The standard InChI is InChI=1S/C15H11ClF3N5O/c1-8-12(7-25-14-5-4-13(16)21-22-14)24(23-20-8)11-3-2-9(15(18)19)6-10(11)17/h2-6,15H,7H2,1H3. The zero-order valence-corrected chi connectivity index (χ0v) is 13.6. The Balaban J connectivity index is 1.87. The molecule has 0 saturated carbocycles. The molecule has 3 rings (SSSR count). The van der Waals surface area contributed by atoms with Gasteiger partial charge in [-0.05, 0) is 25.1 Å². The fourth-order valence-corrected chi connectivity index (χ4v) is 2.19. The van der Waals surface area contributed by atoms with E-state index < -0.39 is 17.8 Å². The Bertz CT molecular complexity index is 885. The van der Waals surface area contributed by atoms with Crippen LogP contribution in [-0.2, 0) is 6.61 Å². The van der Waals surface area contributed by atoms with Crippen LogP contribution in [-0.4, -0.2) is 25.2 Å². The van der Waals surface area contributed by atoms with Gasteiger partial charge in [0.1, 0.15) is 23.8 Å². The van der Waals surface area contributed by atoms with Crippen LogP contribution in [0.15, 0.2) is 30.3 Å². The maximum atomic E-state index is 14.2. The number of rotatable bonds is 5. The number of halogens is 4. The van der Waals surface area contributed by atoms with Crippen molar-refractivity contribution in [2.24, 2.45) is 0 Å². The number of hydrogen-bond donors (Lipinski definition) is 0. The molecule has 6 nitrogen and oxygen atoms in total. The molecule has 0 aliphatic heterocycles. The Kier molecular flexibility index (Phi) is 4.84. The molecule has 1 aromatic carbocycles. The Morgan fingerprint density at radius 2 is 1.96 bits per heavy atom. The van der Waals surface area contributed by atoms with Gasteiger partial charge in [-0.2, -0.15) is 0 Å². The quantitative estimate of drug-likeness (QED) is 0.686. The first kappa shape index (κ1) is 17.2. The molecular weight excluding hydrogens is 359 g/mol. The topological polar surface area (TPSA) is 65.7 Å². The van der Waals surface area contributed by atoms with Crippen molar-refractivity contribution in [3.63, 3.8) is 0 Å². The van der Waals surface area contributed by atoms with Crippen molar-refractivity contribution in [3.05, 3.63) is 58.3 Å². The number of alkyl halides is 2. The van der Waals surface area contributed by atoms with Crippen LogP contribution in [0, 0.1) is 12.7 Å². The van der Waals surface area contributed by atoms with Gasteiger partial charge in [0.15, 0.2) is 5.15 Å². The van der Waals surface area contributed by atoms with Crippen LogP contribution in [0.25, 0.3) is 5.69 Å². The largest absolute Gasteiger partial charge is 0.470 e. The summed E-state index contributed by atoms with van der Waals surface area (Å²) in [6.07, 6.45) is -2.76. The predicted molar refractivity (Wildman–Crippen MR) is 82.4 cm³/mol. The molecule has 3 aromatic rings. The molecule has 0 atom stereocenters. The highest BCUT2D eigenvalue weighted by atomic mass is 35.5. The van der Waals surface area contributed by atoms with Gasteiger partial charge in [0.2, 0.25) is 5.88 Å². The summed E-state index contributed by atoms with van der Waals surface area (Å²) in [5.74, 6) is -0.625. The highest BCUT2D eigenvalue weighted by Crippen LogP contribution is 2.24. The van der Waals surface area contributed by atoms with E-state index in [1.807, 2.05) is 0 Å². The second kappa shape index (κ2) is 7.06. The van der Waals surface area contributed by atoms with Crippen LogP contribution in [0.3, 0.4) is 0 Å². The molecule has 10 heteroatoms. The smallest absolute Gasteiger partial charge is 0.263 e. The normalized spacial score (nSPS) is 11.1. The predicted octanol–water partition coefficient (Wildman–Crippen LogP) is 3.67. The van der Waals surface area contributed by atoms with Crippen LogP contribution in [0.4, 0.5) is 13.2 Å². The summed E-state index contributed by atoms with van der Waals surface area (Å²) >= 11 is 5.65. The highest BCUT2D eigenvalue weighted by Gasteiger charge is 2.17. The van der Waals surface area contributed by atoms with Crippen molar-refractivity contribution in [2.75, 3.05) is 0 Å². The molecule has 0 bridgehead atoms. The average Bonchev–Trinajstić information content (AvgIpc) is 2.95. The summed E-state index contributed by atoms with van der Waals surface area (Å²) in [7, 11) is 0. The van der Waals surface area contributed by atoms with Gasteiger partial charge in [-0.25, -0.2) is 17.9 Å². The fraction of sp³-hybridized carbons (Fsp3) is 0.200. The number of hydrogen-bond acceptors (Lipinski definition) is 5. The van der Waals surface area contributed by atoms with E-state index in [9.17, 15) is 13.2 Å². The van der Waals surface area contributed by atoms with Gasteiger partial charge < -0.3 is 4.74 Å². The Hall–Kier alpha value is -2.68. The summed E-state index contributed by atoms with van der Waals surface area (Å²) in [5, 5.41) is 15.3. The lowest BCUT2D eigenvalue weighted by Gasteiger charge is -2.10. The number of benzene rings is 1. The van der Waals surface area contributed by atoms with Crippen LogP contribution in [0.5, 0.6) is 5.88 Å². The summed E-state index contributed by atoms with van der Waals surface area (Å²) < 4.78 is 46.2. The van der Waals surface area contributed by atoms with Crippen molar-refractivity contribution in [1.82, 2.24) is 25.2 Å². The monoisotopic (exact) mass is 369 g/mol. The van der Waals surface area contributed by atoms with Gasteiger partial charge in [0.05, 0.1) is 5.69 Å². The van der Waals surface area contributed by atoms with E-state index in [0.717, 1.165) is 12.1 Å². The van der Waals surface area contributed by atoms with Crippen molar-refractivity contribution < 1.29 is 17.9 Å². The molecule has 0 aliphatic rings. The third-order valence-electron chi connectivity index (χ3n) is 3.37. The summed E-state index contributed by atoms with van der Waals surface area (Å²) in [5.41, 5.74) is 0.526. The van der Waals surface area contributed by atoms with E-state index in [1.165, 1.54) is 22.9 Å². The van der Waals surface area contributed by atoms with Gasteiger partial charge in [-0.15, -0.1) is 15.3 Å². The molecule has 25 heavy (non-hydrogen) atoms. The Morgan fingerprint density at radius 1 is 1.16 bits per heavy atom. The second-order valence-electron chi connectivity index (χ2n) is 5.03. The molecule has 0 saturated heterocycles. The first-order valence-electron chi connectivity index (χ1n) is 7.07. The molecule has 130 valence electrons. The van der Waals surface area contributed by atoms with Gasteiger partial charge in [-0.1, -0.05) is 22.9 Å². The molecule has 0 aliphatic carbocycles. The van der Waals surface area contributed by atoms with Crippen LogP contribution >= 0.6 is 11.6 Å². The van der Waals surface area contributed by atoms with E-state index >= 15 is 0 Å². The van der Waals surface area contributed by atoms with Crippen molar-refractivity contribution in [2.45, 2.75) is 20.0 Å². The second-order valence-corrected chi connectivity index (χ2v) is 5.42. The fourth-order valence-electron chi connectivity index (χ4n) is 2.09. The minimum Gasteiger partial charge on any atom is -0.470 e. The molecule has 2 aromatic heterocycles. The van der Waals surface area contributed by atoms with E-state index in [-0.39, 0.29) is 23.3 Å². The zero-order valence-electron chi connectivity index (χ0n) is 12.8. The summed E-state index contributed by atoms with van der Waals surface area (Å²) in [6.45, 7) is 1.65. The third kappa shape index (κ3) is 3.71. The molecule has 0 spiro atoms. The minimum absolute atomic E-state index is 0.00853. The van der Waals surface area contributed by atoms with Gasteiger partial charge in [0, 0.05) is 11.6 Å². The lowest BCUT2D eigenvalue weighted by atomic mass is 10.2. The molecule has 0 radical (unpaired) electrons. The van der Waals surface area contributed by atoms with E-state index in [4.69, 9.17) is 16.3 Å². The number of ether oxygens (including phenoxy) is 1. The molecule has 0 unspecified atom stereocenters. The van der Waals surface area contributed by atoms with Gasteiger partial charge in [-0.3, -0.25) is 0 Å². The van der Waals surface area contributed by atoms with E-state index in [1.54, 1.807) is 6.92 Å². The lowest BCUT2D eigenvalue weighted by molar-refractivity contribution is 0.151. The van der Waals surface area contributed by atoms with E-state index in [2.05, 4.69) is 20.5 Å². The number of aromatic nitrogens is 5.